The summed E-state index contributed by atoms with van der Waals surface area (Å²) in [6.45, 7) is 0.406. The number of nitrogens with one attached hydrogen (secondary N) is 2. The Labute approximate surface area is 144 Å². The molecule has 120 valence electrons. The third kappa shape index (κ3) is 4.49. The van der Waals surface area contributed by atoms with Crippen LogP contribution in [0.25, 0.3) is 0 Å². The zero-order valence-electron chi connectivity index (χ0n) is 12.7. The largest absolute Gasteiger partial charge is 0.370 e. The summed E-state index contributed by atoms with van der Waals surface area (Å²) in [4.78, 5) is 0. The lowest BCUT2D eigenvalue weighted by Gasteiger charge is -2.11. The molecule has 2 aromatic rings. The standard InChI is InChI=1S/C18H14ClFN4/c19-15-7-4-8-16(20)14(15)12-24-18(10-22)17(9-21)23-11-13-5-2-1-3-6-13/h1-8,23-24H,11-12H2/b18-17-. The first-order valence-corrected chi connectivity index (χ1v) is 7.52. The van der Waals surface area contributed by atoms with Gasteiger partial charge < -0.3 is 10.6 Å². The molecule has 0 heterocycles. The normalized spacial score (nSPS) is 11.0. The van der Waals surface area contributed by atoms with Gasteiger partial charge in [-0.15, -0.1) is 0 Å². The molecule has 0 aliphatic carbocycles. The van der Waals surface area contributed by atoms with Crippen LogP contribution < -0.4 is 10.6 Å². The molecule has 0 aliphatic heterocycles. The van der Waals surface area contributed by atoms with E-state index in [-0.39, 0.29) is 28.5 Å². The van der Waals surface area contributed by atoms with Crippen LogP contribution in [-0.2, 0) is 13.1 Å². The van der Waals surface area contributed by atoms with Crippen LogP contribution >= 0.6 is 11.6 Å². The number of benzene rings is 2. The summed E-state index contributed by atoms with van der Waals surface area (Å²) in [6.07, 6.45) is 0. The summed E-state index contributed by atoms with van der Waals surface area (Å²) in [5, 5.41) is 24.4. The van der Waals surface area contributed by atoms with Crippen LogP contribution in [0, 0.1) is 28.5 Å². The SMILES string of the molecule is N#C/C(NCc1ccccc1)=C(\C#N)NCc1c(F)cccc1Cl. The smallest absolute Gasteiger partial charge is 0.148 e. The molecule has 2 N–H and O–H groups in total. The molecule has 6 heteroatoms. The molecule has 0 aliphatic rings. The highest BCUT2D eigenvalue weighted by molar-refractivity contribution is 6.31. The van der Waals surface area contributed by atoms with Crippen LogP contribution in [0.15, 0.2) is 59.9 Å². The summed E-state index contributed by atoms with van der Waals surface area (Å²) < 4.78 is 13.8. The lowest BCUT2D eigenvalue weighted by Crippen LogP contribution is -2.21. The first kappa shape index (κ1) is 17.3. The van der Waals surface area contributed by atoms with E-state index in [0.29, 0.717) is 6.54 Å². The van der Waals surface area contributed by atoms with Crippen molar-refractivity contribution in [1.29, 1.82) is 10.5 Å². The average Bonchev–Trinajstić information content (AvgIpc) is 2.60. The molecule has 0 aromatic heterocycles. The first-order chi connectivity index (χ1) is 11.7. The van der Waals surface area contributed by atoms with Gasteiger partial charge in [0.1, 0.15) is 29.3 Å². The minimum atomic E-state index is -0.469. The van der Waals surface area contributed by atoms with Crippen LogP contribution in [0.5, 0.6) is 0 Å². The molecule has 0 fully saturated rings. The Morgan fingerprint density at radius 3 is 2.12 bits per heavy atom. The fraction of sp³-hybridized carbons (Fsp3) is 0.111. The molecule has 0 amide bonds. The number of nitriles is 2. The molecule has 0 unspecified atom stereocenters. The van der Waals surface area contributed by atoms with Crippen molar-refractivity contribution in [1.82, 2.24) is 10.6 Å². The fourth-order valence-electron chi connectivity index (χ4n) is 2.03. The molecular weight excluding hydrogens is 327 g/mol. The number of rotatable bonds is 6. The van der Waals surface area contributed by atoms with Crippen molar-refractivity contribution in [3.05, 3.63) is 81.9 Å². The van der Waals surface area contributed by atoms with Gasteiger partial charge in [-0.05, 0) is 17.7 Å². The fourth-order valence-corrected chi connectivity index (χ4v) is 2.26. The maximum absolute atomic E-state index is 13.8. The predicted molar refractivity (Wildman–Crippen MR) is 89.8 cm³/mol. The molecule has 24 heavy (non-hydrogen) atoms. The Kier molecular flexibility index (Phi) is 6.19. The number of nitrogens with zero attached hydrogens (tertiary/aromatic N) is 2. The van der Waals surface area contributed by atoms with Gasteiger partial charge in [-0.25, -0.2) is 4.39 Å². The Morgan fingerprint density at radius 2 is 1.54 bits per heavy atom. The van der Waals surface area contributed by atoms with Gasteiger partial charge in [0.05, 0.1) is 0 Å². The third-order valence-corrected chi connectivity index (χ3v) is 3.64. The average molecular weight is 341 g/mol. The van der Waals surface area contributed by atoms with E-state index in [1.54, 1.807) is 6.07 Å². The Morgan fingerprint density at radius 1 is 0.917 bits per heavy atom. The monoisotopic (exact) mass is 340 g/mol. The van der Waals surface area contributed by atoms with E-state index >= 15 is 0 Å². The second-order valence-electron chi connectivity index (χ2n) is 4.87. The molecule has 0 saturated carbocycles. The van der Waals surface area contributed by atoms with Crippen LogP contribution in [-0.4, -0.2) is 0 Å². The Hall–Kier alpha value is -3.02. The number of halogens is 2. The van der Waals surface area contributed by atoms with Gasteiger partial charge in [0.2, 0.25) is 0 Å². The minimum absolute atomic E-state index is 0.00654. The molecular formula is C18H14ClFN4. The highest BCUT2D eigenvalue weighted by Crippen LogP contribution is 2.19. The molecule has 0 atom stereocenters. The summed E-state index contributed by atoms with van der Waals surface area (Å²) >= 11 is 5.95. The molecule has 0 bridgehead atoms. The summed E-state index contributed by atoms with van der Waals surface area (Å²) in [7, 11) is 0. The quantitative estimate of drug-likeness (QED) is 0.788. The van der Waals surface area contributed by atoms with Gasteiger partial charge in [0.25, 0.3) is 0 Å². The number of hydrogen-bond donors (Lipinski definition) is 2. The summed E-state index contributed by atoms with van der Waals surface area (Å²) in [6, 6.07) is 17.7. The van der Waals surface area contributed by atoms with E-state index in [1.807, 2.05) is 42.5 Å². The van der Waals surface area contributed by atoms with Gasteiger partial charge in [-0.1, -0.05) is 48.0 Å². The lowest BCUT2D eigenvalue weighted by molar-refractivity contribution is 0.602. The van der Waals surface area contributed by atoms with Crippen LogP contribution in [0.1, 0.15) is 11.1 Å². The second-order valence-corrected chi connectivity index (χ2v) is 5.27. The van der Waals surface area contributed by atoms with Crippen molar-refractivity contribution in [3.8, 4) is 12.1 Å². The first-order valence-electron chi connectivity index (χ1n) is 7.14. The van der Waals surface area contributed by atoms with Gasteiger partial charge in [-0.2, -0.15) is 10.5 Å². The number of allylic oxidation sites excluding steroid dienone is 2. The van der Waals surface area contributed by atoms with E-state index < -0.39 is 5.82 Å². The molecule has 2 rings (SSSR count). The van der Waals surface area contributed by atoms with Crippen molar-refractivity contribution in [3.63, 3.8) is 0 Å². The minimum Gasteiger partial charge on any atom is -0.370 e. The zero-order valence-corrected chi connectivity index (χ0v) is 13.4. The van der Waals surface area contributed by atoms with Gasteiger partial charge >= 0.3 is 0 Å². The van der Waals surface area contributed by atoms with Crippen LogP contribution in [0.4, 0.5) is 4.39 Å². The van der Waals surface area contributed by atoms with Crippen molar-refractivity contribution < 1.29 is 4.39 Å². The Bertz CT molecular complexity index is 799. The van der Waals surface area contributed by atoms with Gasteiger partial charge in [-0.3, -0.25) is 0 Å². The van der Waals surface area contributed by atoms with E-state index in [1.165, 1.54) is 12.1 Å². The Balaban J connectivity index is 2.10. The van der Waals surface area contributed by atoms with E-state index in [0.717, 1.165) is 5.56 Å². The van der Waals surface area contributed by atoms with E-state index in [2.05, 4.69) is 10.6 Å². The van der Waals surface area contributed by atoms with Crippen molar-refractivity contribution >= 4 is 11.6 Å². The van der Waals surface area contributed by atoms with Crippen molar-refractivity contribution in [2.45, 2.75) is 13.1 Å². The zero-order chi connectivity index (χ0) is 17.4. The van der Waals surface area contributed by atoms with Gasteiger partial charge in [0, 0.05) is 23.7 Å². The maximum atomic E-state index is 13.8. The van der Waals surface area contributed by atoms with Crippen LogP contribution in [0.3, 0.4) is 0 Å². The topological polar surface area (TPSA) is 71.6 Å². The summed E-state index contributed by atoms with van der Waals surface area (Å²) in [5.74, 6) is -0.469. The molecule has 2 aromatic carbocycles. The molecule has 4 nitrogen and oxygen atoms in total. The third-order valence-electron chi connectivity index (χ3n) is 3.29. The van der Waals surface area contributed by atoms with Crippen molar-refractivity contribution in [2.75, 3.05) is 0 Å². The molecule has 0 radical (unpaired) electrons. The van der Waals surface area contributed by atoms with Crippen molar-refractivity contribution in [2.24, 2.45) is 0 Å². The van der Waals surface area contributed by atoms with E-state index in [9.17, 15) is 14.9 Å². The maximum Gasteiger partial charge on any atom is 0.148 e. The predicted octanol–water partition coefficient (Wildman–Crippen LogP) is 3.62. The number of hydrogen-bond acceptors (Lipinski definition) is 4. The molecule has 0 saturated heterocycles. The second kappa shape index (κ2) is 8.57. The molecule has 0 spiro atoms. The lowest BCUT2D eigenvalue weighted by atomic mass is 10.2. The van der Waals surface area contributed by atoms with E-state index in [4.69, 9.17) is 11.6 Å². The highest BCUT2D eigenvalue weighted by atomic mass is 35.5. The van der Waals surface area contributed by atoms with Gasteiger partial charge in [0.15, 0.2) is 0 Å². The summed E-state index contributed by atoms with van der Waals surface area (Å²) in [5.41, 5.74) is 1.34. The highest BCUT2D eigenvalue weighted by Gasteiger charge is 2.10. The van der Waals surface area contributed by atoms with Crippen LogP contribution in [0.2, 0.25) is 5.02 Å².